The van der Waals surface area contributed by atoms with Crippen LogP contribution in [-0.4, -0.2) is 56.2 Å². The number of halogens is 3. The van der Waals surface area contributed by atoms with Gasteiger partial charge in [-0.1, -0.05) is 31.6 Å². The number of unbranched alkanes of at least 4 members (excludes halogenated alkanes) is 1. The second-order valence-electron chi connectivity index (χ2n) is 8.27. The minimum atomic E-state index is -4.92. The molecule has 1 aliphatic heterocycles. The van der Waals surface area contributed by atoms with Gasteiger partial charge in [0.15, 0.2) is 5.75 Å². The van der Waals surface area contributed by atoms with E-state index in [1.807, 2.05) is 30.5 Å². The number of alkyl halides is 3. The van der Waals surface area contributed by atoms with E-state index in [-0.39, 0.29) is 34.2 Å². The van der Waals surface area contributed by atoms with Crippen molar-refractivity contribution in [1.82, 2.24) is 10.2 Å². The number of azo groups is 1. The van der Waals surface area contributed by atoms with Gasteiger partial charge in [0.1, 0.15) is 5.69 Å². The molecule has 1 aromatic heterocycles. The molecule has 1 unspecified atom stereocenters. The van der Waals surface area contributed by atoms with Crippen LogP contribution < -0.4 is 9.62 Å². The quantitative estimate of drug-likeness (QED) is 0.240. The topological polar surface area (TPSA) is 126 Å². The standard InChI is InChI=1S/C21H27F3N6O4S2/c1-4-6-9-34-19(31)18-26-28-20(35-18)27-25-15-10-13-7-8-14(5-2)30(3)17(13)11-16(15)29-36(32,33)12-21(22,23)24/h10-11,14,29H,4-9,12H2,1-3H3. The lowest BCUT2D eigenvalue weighted by atomic mass is 9.94. The summed E-state index contributed by atoms with van der Waals surface area (Å²) in [6.45, 7) is 4.23. The normalized spacial score (nSPS) is 16.3. The summed E-state index contributed by atoms with van der Waals surface area (Å²) in [6, 6.07) is 3.27. The molecule has 1 N–H and O–H groups in total. The van der Waals surface area contributed by atoms with Gasteiger partial charge in [-0.15, -0.1) is 20.4 Å². The number of ether oxygens (including phenoxy) is 1. The minimum absolute atomic E-state index is 0.00225. The molecule has 36 heavy (non-hydrogen) atoms. The van der Waals surface area contributed by atoms with E-state index in [1.54, 1.807) is 6.07 Å². The molecule has 1 aromatic carbocycles. The second kappa shape index (κ2) is 11.5. The van der Waals surface area contributed by atoms with Gasteiger partial charge in [0, 0.05) is 18.8 Å². The molecule has 1 atom stereocenters. The first-order valence-corrected chi connectivity index (χ1v) is 13.8. The largest absolute Gasteiger partial charge is 0.460 e. The van der Waals surface area contributed by atoms with E-state index in [0.717, 1.165) is 36.2 Å². The molecule has 10 nitrogen and oxygen atoms in total. The van der Waals surface area contributed by atoms with Gasteiger partial charge >= 0.3 is 12.1 Å². The maximum Gasteiger partial charge on any atom is 0.404 e. The Morgan fingerprint density at radius 3 is 2.69 bits per heavy atom. The predicted molar refractivity (Wildman–Crippen MR) is 130 cm³/mol. The van der Waals surface area contributed by atoms with Crippen molar-refractivity contribution in [1.29, 1.82) is 0 Å². The Labute approximate surface area is 211 Å². The third-order valence-corrected chi connectivity index (χ3v) is 7.55. The van der Waals surface area contributed by atoms with Crippen molar-refractivity contribution in [3.63, 3.8) is 0 Å². The fraction of sp³-hybridized carbons (Fsp3) is 0.571. The minimum Gasteiger partial charge on any atom is -0.460 e. The molecule has 0 fully saturated rings. The van der Waals surface area contributed by atoms with Crippen LogP contribution in [0.5, 0.6) is 0 Å². The van der Waals surface area contributed by atoms with Crippen molar-refractivity contribution in [2.24, 2.45) is 10.2 Å². The number of esters is 1. The van der Waals surface area contributed by atoms with E-state index in [1.165, 1.54) is 6.07 Å². The van der Waals surface area contributed by atoms with Crippen LogP contribution in [0.2, 0.25) is 0 Å². The summed E-state index contributed by atoms with van der Waals surface area (Å²) < 4.78 is 69.9. The summed E-state index contributed by atoms with van der Waals surface area (Å²) in [5, 5.41) is 15.4. The lowest BCUT2D eigenvalue weighted by Gasteiger charge is -2.36. The number of carbonyl (C=O) groups excluding carboxylic acids is 1. The van der Waals surface area contributed by atoms with Gasteiger partial charge in [-0.3, -0.25) is 4.72 Å². The van der Waals surface area contributed by atoms with E-state index >= 15 is 0 Å². The van der Waals surface area contributed by atoms with Gasteiger partial charge in [-0.05, 0) is 43.4 Å². The van der Waals surface area contributed by atoms with Crippen LogP contribution in [0.25, 0.3) is 0 Å². The number of aryl methyl sites for hydroxylation is 1. The Hall–Kier alpha value is -2.81. The molecule has 3 rings (SSSR count). The molecule has 0 radical (unpaired) electrons. The van der Waals surface area contributed by atoms with Crippen molar-refractivity contribution in [3.05, 3.63) is 22.7 Å². The molecule has 15 heteroatoms. The lowest BCUT2D eigenvalue weighted by Crippen LogP contribution is -2.35. The number of sulfonamides is 1. The van der Waals surface area contributed by atoms with Crippen LogP contribution in [0.15, 0.2) is 22.4 Å². The van der Waals surface area contributed by atoms with Crippen LogP contribution in [0.3, 0.4) is 0 Å². The van der Waals surface area contributed by atoms with Crippen molar-refractivity contribution in [2.45, 2.75) is 58.2 Å². The van der Waals surface area contributed by atoms with Gasteiger partial charge in [0.05, 0.1) is 12.3 Å². The molecule has 0 saturated heterocycles. The van der Waals surface area contributed by atoms with Crippen LogP contribution in [0.1, 0.15) is 54.9 Å². The maximum atomic E-state index is 12.8. The van der Waals surface area contributed by atoms with Crippen LogP contribution >= 0.6 is 11.3 Å². The number of nitrogens with zero attached hydrogens (tertiary/aromatic N) is 5. The van der Waals surface area contributed by atoms with Gasteiger partial charge in [-0.25, -0.2) is 13.2 Å². The Kier molecular flexibility index (Phi) is 8.87. The molecule has 0 spiro atoms. The second-order valence-corrected chi connectivity index (χ2v) is 10.9. The highest BCUT2D eigenvalue weighted by Crippen LogP contribution is 2.40. The SMILES string of the molecule is CCCCOC(=O)c1nnc(N=Nc2cc3c(cc2NS(=O)(=O)CC(F)(F)F)N(C)C(CC)CC3)s1. The van der Waals surface area contributed by atoms with E-state index in [0.29, 0.717) is 18.5 Å². The number of nitrogens with one attached hydrogen (secondary N) is 1. The number of benzene rings is 1. The Balaban J connectivity index is 1.92. The van der Waals surface area contributed by atoms with E-state index < -0.39 is 27.9 Å². The Bertz CT molecular complexity index is 1220. The molecule has 0 amide bonds. The number of carbonyl (C=O) groups is 1. The number of anilines is 2. The fourth-order valence-corrected chi connectivity index (χ4v) is 5.29. The summed E-state index contributed by atoms with van der Waals surface area (Å²) in [6.07, 6.45) is -0.962. The van der Waals surface area contributed by atoms with Crippen LogP contribution in [0, 0.1) is 0 Å². The third kappa shape index (κ3) is 7.35. The predicted octanol–water partition coefficient (Wildman–Crippen LogP) is 5.38. The summed E-state index contributed by atoms with van der Waals surface area (Å²) in [4.78, 5) is 14.0. The molecular weight excluding hydrogens is 521 g/mol. The van der Waals surface area contributed by atoms with Crippen LogP contribution in [-0.2, 0) is 21.2 Å². The molecule has 0 aliphatic carbocycles. The highest BCUT2D eigenvalue weighted by Gasteiger charge is 2.36. The average molecular weight is 549 g/mol. The smallest absolute Gasteiger partial charge is 0.404 e. The fourth-order valence-electron chi connectivity index (χ4n) is 3.73. The maximum absolute atomic E-state index is 12.8. The van der Waals surface area contributed by atoms with E-state index in [4.69, 9.17) is 4.74 Å². The highest BCUT2D eigenvalue weighted by atomic mass is 32.2. The number of fused-ring (bicyclic) bond motifs is 1. The van der Waals surface area contributed by atoms with E-state index in [2.05, 4.69) is 20.4 Å². The van der Waals surface area contributed by atoms with Crippen molar-refractivity contribution in [3.8, 4) is 0 Å². The van der Waals surface area contributed by atoms with Crippen molar-refractivity contribution in [2.75, 3.05) is 29.0 Å². The summed E-state index contributed by atoms with van der Waals surface area (Å²) >= 11 is 0.825. The van der Waals surface area contributed by atoms with Gasteiger partial charge in [0.25, 0.3) is 5.13 Å². The van der Waals surface area contributed by atoms with E-state index in [9.17, 15) is 26.4 Å². The zero-order valence-corrected chi connectivity index (χ0v) is 21.6. The summed E-state index contributed by atoms with van der Waals surface area (Å²) in [5.41, 5.74) is 1.43. The van der Waals surface area contributed by atoms with Gasteiger partial charge in [0.2, 0.25) is 15.0 Å². The molecule has 2 aromatic rings. The summed E-state index contributed by atoms with van der Waals surface area (Å²) in [5.74, 6) is -2.69. The first-order valence-electron chi connectivity index (χ1n) is 11.3. The average Bonchev–Trinajstić information content (AvgIpc) is 3.26. The lowest BCUT2D eigenvalue weighted by molar-refractivity contribution is -0.106. The number of hydrogen-bond donors (Lipinski definition) is 1. The van der Waals surface area contributed by atoms with Crippen molar-refractivity contribution < 1.29 is 31.1 Å². The zero-order chi connectivity index (χ0) is 26.5. The number of aromatic nitrogens is 2. The Morgan fingerprint density at radius 1 is 1.28 bits per heavy atom. The molecular formula is C21H27F3N6O4S2. The van der Waals surface area contributed by atoms with Gasteiger partial charge in [-0.2, -0.15) is 13.2 Å². The van der Waals surface area contributed by atoms with Crippen LogP contribution in [0.4, 0.5) is 35.4 Å². The zero-order valence-electron chi connectivity index (χ0n) is 20.0. The number of rotatable bonds is 10. The van der Waals surface area contributed by atoms with Crippen molar-refractivity contribution >= 4 is 49.5 Å². The molecule has 0 saturated carbocycles. The highest BCUT2D eigenvalue weighted by molar-refractivity contribution is 7.92. The first kappa shape index (κ1) is 27.8. The molecule has 2 heterocycles. The number of hydrogen-bond acceptors (Lipinski definition) is 10. The third-order valence-electron chi connectivity index (χ3n) is 5.53. The molecule has 1 aliphatic rings. The Morgan fingerprint density at radius 2 is 2.03 bits per heavy atom. The molecule has 0 bridgehead atoms. The summed E-state index contributed by atoms with van der Waals surface area (Å²) in [7, 11) is -2.91. The monoisotopic (exact) mass is 548 g/mol. The van der Waals surface area contributed by atoms with Gasteiger partial charge < -0.3 is 9.64 Å². The first-order chi connectivity index (χ1) is 16.9. The molecule has 198 valence electrons.